The van der Waals surface area contributed by atoms with Gasteiger partial charge in [0.2, 0.25) is 0 Å². The van der Waals surface area contributed by atoms with E-state index in [1.807, 2.05) is 30.5 Å². The number of hydrogen-bond donors (Lipinski definition) is 1. The highest BCUT2D eigenvalue weighted by atomic mass is 16.2. The van der Waals surface area contributed by atoms with Crippen LogP contribution >= 0.6 is 0 Å². The smallest absolute Gasteiger partial charge is 0.254 e. The fourth-order valence-electron chi connectivity index (χ4n) is 3.21. The Kier molecular flexibility index (Phi) is 3.97. The quantitative estimate of drug-likeness (QED) is 0.921. The van der Waals surface area contributed by atoms with Gasteiger partial charge in [0.25, 0.3) is 5.91 Å². The van der Waals surface area contributed by atoms with E-state index in [2.05, 4.69) is 28.8 Å². The number of amides is 1. The lowest BCUT2D eigenvalue weighted by atomic mass is 10.1. The van der Waals surface area contributed by atoms with Gasteiger partial charge in [0, 0.05) is 41.8 Å². The summed E-state index contributed by atoms with van der Waals surface area (Å²) in [4.78, 5) is 20.5. The number of H-pyrrole nitrogens is 1. The fourth-order valence-corrected chi connectivity index (χ4v) is 3.21. The number of nitrogens with zero attached hydrogens (tertiary/aromatic N) is 2. The van der Waals surface area contributed by atoms with Crippen LogP contribution in [0.25, 0.3) is 10.9 Å². The fraction of sp³-hybridized carbons (Fsp3) is 0.471. The number of carbonyl (C=O) groups excluding carboxylic acids is 1. The molecule has 1 unspecified atom stereocenters. The maximum Gasteiger partial charge on any atom is 0.254 e. The molecule has 1 aliphatic heterocycles. The van der Waals surface area contributed by atoms with Crippen LogP contribution in [0, 0.1) is 0 Å². The number of benzene rings is 1. The number of aromatic amines is 1. The molecule has 2 aromatic rings. The van der Waals surface area contributed by atoms with Crippen molar-refractivity contribution in [3.8, 4) is 0 Å². The molecule has 1 aromatic heterocycles. The third kappa shape index (κ3) is 2.81. The zero-order valence-electron chi connectivity index (χ0n) is 12.8. The van der Waals surface area contributed by atoms with Crippen molar-refractivity contribution in [1.29, 1.82) is 0 Å². The summed E-state index contributed by atoms with van der Waals surface area (Å²) >= 11 is 0. The molecular formula is C17H23N3O. The van der Waals surface area contributed by atoms with Crippen molar-refractivity contribution >= 4 is 16.8 Å². The van der Waals surface area contributed by atoms with Gasteiger partial charge in [0.15, 0.2) is 0 Å². The van der Waals surface area contributed by atoms with Gasteiger partial charge in [-0.05, 0) is 50.7 Å². The van der Waals surface area contributed by atoms with E-state index in [1.165, 1.54) is 0 Å². The molecule has 1 aliphatic rings. The Labute approximate surface area is 125 Å². The molecule has 1 saturated heterocycles. The summed E-state index contributed by atoms with van der Waals surface area (Å²) in [6, 6.07) is 8.25. The average molecular weight is 285 g/mol. The molecule has 3 rings (SSSR count). The van der Waals surface area contributed by atoms with Crippen LogP contribution in [-0.4, -0.2) is 53.4 Å². The van der Waals surface area contributed by atoms with Gasteiger partial charge in [-0.3, -0.25) is 4.79 Å². The van der Waals surface area contributed by atoms with Gasteiger partial charge in [-0.1, -0.05) is 6.92 Å². The van der Waals surface area contributed by atoms with Crippen LogP contribution < -0.4 is 0 Å². The highest BCUT2D eigenvalue weighted by Gasteiger charge is 2.26. The number of carbonyl (C=O) groups is 1. The third-order valence-corrected chi connectivity index (χ3v) is 4.43. The van der Waals surface area contributed by atoms with Gasteiger partial charge in [0.05, 0.1) is 0 Å². The number of aromatic nitrogens is 1. The second-order valence-corrected chi connectivity index (χ2v) is 5.96. The largest absolute Gasteiger partial charge is 0.361 e. The van der Waals surface area contributed by atoms with E-state index in [0.29, 0.717) is 6.04 Å². The average Bonchev–Trinajstić information content (AvgIpc) is 2.88. The summed E-state index contributed by atoms with van der Waals surface area (Å²) in [7, 11) is 2.14. The van der Waals surface area contributed by atoms with Crippen molar-refractivity contribution in [2.24, 2.45) is 0 Å². The minimum absolute atomic E-state index is 0.167. The van der Waals surface area contributed by atoms with Gasteiger partial charge in [-0.25, -0.2) is 0 Å². The monoisotopic (exact) mass is 285 g/mol. The summed E-state index contributed by atoms with van der Waals surface area (Å²) in [5, 5.41) is 1.10. The van der Waals surface area contributed by atoms with Gasteiger partial charge in [0.1, 0.15) is 0 Å². The molecule has 4 nitrogen and oxygen atoms in total. The zero-order valence-corrected chi connectivity index (χ0v) is 12.8. The number of hydrogen-bond acceptors (Lipinski definition) is 2. The summed E-state index contributed by atoms with van der Waals surface area (Å²) in [6.45, 7) is 5.05. The molecule has 1 amide bonds. The van der Waals surface area contributed by atoms with Crippen molar-refractivity contribution in [3.05, 3.63) is 36.0 Å². The summed E-state index contributed by atoms with van der Waals surface area (Å²) in [5.41, 5.74) is 1.87. The van der Waals surface area contributed by atoms with Crippen LogP contribution in [0.1, 0.15) is 30.1 Å². The van der Waals surface area contributed by atoms with Crippen molar-refractivity contribution < 1.29 is 4.79 Å². The van der Waals surface area contributed by atoms with Crippen LogP contribution in [0.2, 0.25) is 0 Å². The topological polar surface area (TPSA) is 39.3 Å². The molecule has 0 aliphatic carbocycles. The van der Waals surface area contributed by atoms with E-state index in [0.717, 1.165) is 48.9 Å². The van der Waals surface area contributed by atoms with Crippen LogP contribution in [-0.2, 0) is 0 Å². The van der Waals surface area contributed by atoms with Gasteiger partial charge in [-0.15, -0.1) is 0 Å². The second kappa shape index (κ2) is 5.90. The molecule has 21 heavy (non-hydrogen) atoms. The Hall–Kier alpha value is -1.81. The molecule has 1 aromatic carbocycles. The summed E-state index contributed by atoms with van der Waals surface area (Å²) < 4.78 is 0. The first-order chi connectivity index (χ1) is 10.2. The maximum absolute atomic E-state index is 12.9. The molecule has 4 heteroatoms. The van der Waals surface area contributed by atoms with Crippen LogP contribution in [0.3, 0.4) is 0 Å². The zero-order chi connectivity index (χ0) is 14.8. The Balaban J connectivity index is 1.87. The molecule has 0 saturated carbocycles. The Morgan fingerprint density at radius 2 is 2.19 bits per heavy atom. The molecule has 1 atom stereocenters. The lowest BCUT2D eigenvalue weighted by molar-refractivity contribution is 0.0676. The van der Waals surface area contributed by atoms with Crippen LogP contribution in [0.4, 0.5) is 0 Å². The van der Waals surface area contributed by atoms with Crippen LogP contribution in [0.15, 0.2) is 30.5 Å². The highest BCUT2D eigenvalue weighted by molar-refractivity contribution is 5.98. The van der Waals surface area contributed by atoms with Crippen molar-refractivity contribution in [2.75, 3.05) is 26.7 Å². The standard InChI is InChI=1S/C17H23N3O/c1-3-15-12-19(2)9-4-10-20(15)17(21)14-5-6-16-13(11-14)7-8-18-16/h5-8,11,15,18H,3-4,9-10,12H2,1-2H3. The normalized spacial score (nSPS) is 20.7. The maximum atomic E-state index is 12.9. The molecule has 2 heterocycles. The van der Waals surface area contributed by atoms with E-state index in [-0.39, 0.29) is 5.91 Å². The van der Waals surface area contributed by atoms with Gasteiger partial charge < -0.3 is 14.8 Å². The number of likely N-dealkylation sites (N-methyl/N-ethyl adjacent to an activating group) is 1. The predicted molar refractivity (Wildman–Crippen MR) is 85.5 cm³/mol. The van der Waals surface area contributed by atoms with E-state index in [9.17, 15) is 4.79 Å². The first-order valence-electron chi connectivity index (χ1n) is 7.75. The lowest BCUT2D eigenvalue weighted by Gasteiger charge is -2.30. The van der Waals surface area contributed by atoms with Crippen molar-refractivity contribution in [2.45, 2.75) is 25.8 Å². The molecule has 1 fully saturated rings. The van der Waals surface area contributed by atoms with Gasteiger partial charge in [-0.2, -0.15) is 0 Å². The minimum atomic E-state index is 0.167. The molecule has 0 radical (unpaired) electrons. The van der Waals surface area contributed by atoms with Crippen molar-refractivity contribution in [1.82, 2.24) is 14.8 Å². The first-order valence-corrected chi connectivity index (χ1v) is 7.75. The number of nitrogens with one attached hydrogen (secondary N) is 1. The molecule has 1 N–H and O–H groups in total. The number of fused-ring (bicyclic) bond motifs is 1. The van der Waals surface area contributed by atoms with E-state index in [4.69, 9.17) is 0 Å². The van der Waals surface area contributed by atoms with E-state index in [1.54, 1.807) is 0 Å². The molecular weight excluding hydrogens is 262 g/mol. The molecule has 0 bridgehead atoms. The van der Waals surface area contributed by atoms with Crippen LogP contribution in [0.5, 0.6) is 0 Å². The Morgan fingerprint density at radius 1 is 1.33 bits per heavy atom. The summed E-state index contributed by atoms with van der Waals surface area (Å²) in [5.74, 6) is 0.167. The van der Waals surface area contributed by atoms with Crippen molar-refractivity contribution in [3.63, 3.8) is 0 Å². The third-order valence-electron chi connectivity index (χ3n) is 4.43. The van der Waals surface area contributed by atoms with E-state index < -0.39 is 0 Å². The Bertz CT molecular complexity index is 634. The number of rotatable bonds is 2. The lowest BCUT2D eigenvalue weighted by Crippen LogP contribution is -2.43. The SMILES string of the molecule is CCC1CN(C)CCCN1C(=O)c1ccc2[nH]ccc2c1. The summed E-state index contributed by atoms with van der Waals surface area (Å²) in [6.07, 6.45) is 3.96. The van der Waals surface area contributed by atoms with Gasteiger partial charge >= 0.3 is 0 Å². The first kappa shape index (κ1) is 14.1. The second-order valence-electron chi connectivity index (χ2n) is 5.96. The molecule has 112 valence electrons. The highest BCUT2D eigenvalue weighted by Crippen LogP contribution is 2.19. The predicted octanol–water partition coefficient (Wildman–Crippen LogP) is 2.72. The Morgan fingerprint density at radius 3 is 3.00 bits per heavy atom. The molecule has 0 spiro atoms. The van der Waals surface area contributed by atoms with E-state index >= 15 is 0 Å². The minimum Gasteiger partial charge on any atom is -0.361 e.